The second kappa shape index (κ2) is 41.6. The molecule has 5 fully saturated rings. The van der Waals surface area contributed by atoms with E-state index >= 15 is 0 Å². The lowest BCUT2D eigenvalue weighted by Crippen LogP contribution is -2.49. The summed E-state index contributed by atoms with van der Waals surface area (Å²) in [5.41, 5.74) is 4.41. The quantitative estimate of drug-likeness (QED) is 0.0815. The van der Waals surface area contributed by atoms with Crippen LogP contribution in [0.25, 0.3) is 45.6 Å². The maximum atomic E-state index is 12.5. The number of carbonyl (C=O) groups excluding carboxylic acids is 3. The summed E-state index contributed by atoms with van der Waals surface area (Å²) in [5, 5.41) is 12.7. The molecular weight excluding hydrogens is 1550 g/mol. The van der Waals surface area contributed by atoms with E-state index in [9.17, 15) is 38.7 Å². The third-order valence-electron chi connectivity index (χ3n) is 19.2. The van der Waals surface area contributed by atoms with Crippen LogP contribution in [0.5, 0.6) is 18.0 Å². The number of rotatable bonds is 13. The molecule has 14 rings (SSSR count). The van der Waals surface area contributed by atoms with Crippen LogP contribution in [-0.4, -0.2) is 241 Å². The van der Waals surface area contributed by atoms with Gasteiger partial charge in [0, 0.05) is 181 Å². The molecule has 0 aliphatic carbocycles. The standard InChI is InChI=1S/C30H39N7O4.C19H25N5O4.C14H17N5O2.C10H19NO3.C9H7ClN4O/c1-30(2,3)41-29(39)37-17-15-35(16-18-37)20-22-5-7-23(8-6-22)36-13-10-24(11-14-36)40-28-33-26(19-27(38)34(28)4)25-9-12-31-21-32-25;1-19(2,3)28-18(26)24-9-6-13(7-10-24)27-17-22-15(11-16(25)23(17)4)14-5-8-20-12-21-14;1-19-13(20)8-12(11-4-7-16-9-17-11)18-14(19)21-10-2-5-15-6-3-10;1-10(2,3)14-9(13)11-6-4-8(12)5-7-11;1-14-8(15)4-7(13-9(14)10)6-2-3-11-5-12-6/h5-9,12,19,21,24H,10-11,13-18,20H2,1-4H3;5,8,11-13H,6-7,9-10H2,1-4H3;4,7-10,15H,2-3,5-6H2,1H3;8,12H,4-7H2,1-3H3;2-5H,1H3. The molecule has 8 aromatic heterocycles. The van der Waals surface area contributed by atoms with Gasteiger partial charge in [0.1, 0.15) is 60.4 Å². The SMILES string of the molecule is CC(C)(C)OC(=O)N1CCC(O)CC1.Cn1c(Cl)nc(-c2ccncn2)cc1=O.Cn1c(OC2CCN(C(=O)OC(C)(C)C)CC2)nc(-c2ccncn2)cc1=O.Cn1c(OC2CCN(c3ccc(CN4CCN(C(=O)OC(C)(C)C)CC4)cc3)CC2)nc(-c2ccncn2)cc1=O.Cn1c(OC2CCNCC2)nc(-c2ccncn2)cc1=O. The van der Waals surface area contributed by atoms with Crippen LogP contribution in [0.4, 0.5) is 20.1 Å². The minimum absolute atomic E-state index is 0.0244. The first-order chi connectivity index (χ1) is 56.7. The van der Waals surface area contributed by atoms with Gasteiger partial charge in [-0.05, 0) is 155 Å². The van der Waals surface area contributed by atoms with Crippen molar-refractivity contribution in [3.63, 3.8) is 0 Å². The van der Waals surface area contributed by atoms with Crippen LogP contribution in [0.15, 0.2) is 142 Å². The van der Waals surface area contributed by atoms with E-state index < -0.39 is 16.8 Å². The molecule has 37 heteroatoms. The number of nitrogens with zero attached hydrogens (tertiary/aromatic N) is 21. The Morgan fingerprint density at radius 3 is 1.07 bits per heavy atom. The Labute approximate surface area is 695 Å². The number of hydrogen-bond donors (Lipinski definition) is 2. The first-order valence-corrected chi connectivity index (χ1v) is 40.0. The van der Waals surface area contributed by atoms with Crippen LogP contribution in [0.2, 0.25) is 5.28 Å². The second-order valence-electron chi connectivity index (χ2n) is 31.9. The molecule has 0 saturated carbocycles. The van der Waals surface area contributed by atoms with Crippen LogP contribution >= 0.6 is 11.6 Å². The van der Waals surface area contributed by atoms with Crippen molar-refractivity contribution < 1.29 is 47.9 Å². The summed E-state index contributed by atoms with van der Waals surface area (Å²) >= 11 is 5.78. The zero-order valence-electron chi connectivity index (χ0n) is 69.7. The zero-order chi connectivity index (χ0) is 85.6. The van der Waals surface area contributed by atoms with E-state index in [1.54, 1.807) is 91.9 Å². The molecule has 1 aromatic carbocycles. The van der Waals surface area contributed by atoms with Gasteiger partial charge in [-0.15, -0.1) is 0 Å². The third-order valence-corrected chi connectivity index (χ3v) is 19.6. The summed E-state index contributed by atoms with van der Waals surface area (Å²) in [5.74, 6) is 0. The first-order valence-electron chi connectivity index (χ1n) is 39.6. The van der Waals surface area contributed by atoms with Crippen LogP contribution in [-0.2, 0) is 48.9 Å². The van der Waals surface area contributed by atoms with Gasteiger partial charge >= 0.3 is 18.3 Å². The Morgan fingerprint density at radius 2 is 0.731 bits per heavy atom. The van der Waals surface area contributed by atoms with E-state index in [0.717, 1.165) is 71.5 Å². The summed E-state index contributed by atoms with van der Waals surface area (Å²) in [7, 11) is 6.51. The van der Waals surface area contributed by atoms with E-state index in [2.05, 4.69) is 99.2 Å². The number of ether oxygens (including phenoxy) is 6. The monoisotopic (exact) mass is 1660 g/mol. The Hall–Kier alpha value is -11.8. The number of nitrogens with one attached hydrogen (secondary N) is 1. The molecule has 0 spiro atoms. The van der Waals surface area contributed by atoms with Crippen molar-refractivity contribution in [1.82, 2.24) is 103 Å². The van der Waals surface area contributed by atoms with Crippen molar-refractivity contribution in [3.8, 4) is 63.6 Å². The number of piperazine rings is 1. The fourth-order valence-corrected chi connectivity index (χ4v) is 12.8. The molecule has 5 aliphatic rings. The van der Waals surface area contributed by atoms with Gasteiger partial charge in [0.25, 0.3) is 40.3 Å². The Balaban J connectivity index is 0.000000166. The molecule has 0 radical (unpaired) electrons. The summed E-state index contributed by atoms with van der Waals surface area (Å²) < 4.78 is 39.7. The highest BCUT2D eigenvalue weighted by molar-refractivity contribution is 6.28. The molecule has 2 N–H and O–H groups in total. The van der Waals surface area contributed by atoms with Gasteiger partial charge < -0.3 is 58.4 Å². The van der Waals surface area contributed by atoms with Crippen LogP contribution in [0, 0.1) is 0 Å². The molecule has 13 heterocycles. The molecule has 0 atom stereocenters. The van der Waals surface area contributed by atoms with Crippen molar-refractivity contribution in [2.75, 3.05) is 83.4 Å². The Bertz CT molecular complexity index is 5040. The number of piperidine rings is 4. The summed E-state index contributed by atoms with van der Waals surface area (Å²) in [6.07, 6.45) is 17.0. The lowest BCUT2D eigenvalue weighted by atomic mass is 10.1. The van der Waals surface area contributed by atoms with Crippen LogP contribution in [0.1, 0.15) is 119 Å². The van der Waals surface area contributed by atoms with E-state index in [-0.39, 0.29) is 76.2 Å². The number of aliphatic hydroxyl groups is 1. The summed E-state index contributed by atoms with van der Waals surface area (Å²) in [6, 6.07) is 22.1. The summed E-state index contributed by atoms with van der Waals surface area (Å²) in [4.78, 5) is 144. The number of aromatic nitrogens is 16. The molecule has 36 nitrogen and oxygen atoms in total. The predicted molar refractivity (Wildman–Crippen MR) is 443 cm³/mol. The topological polar surface area (TPSA) is 398 Å². The van der Waals surface area contributed by atoms with Crippen LogP contribution in [0.3, 0.4) is 0 Å². The molecule has 0 unspecified atom stereocenters. The van der Waals surface area contributed by atoms with E-state index in [1.165, 1.54) is 79.1 Å². The van der Waals surface area contributed by atoms with Gasteiger partial charge in [-0.3, -0.25) is 42.3 Å². The molecule has 3 amide bonds. The first kappa shape index (κ1) is 89.6. The van der Waals surface area contributed by atoms with Gasteiger partial charge in [0.2, 0.25) is 5.28 Å². The molecular formula is C82H107ClN22O14. The minimum Gasteiger partial charge on any atom is -0.461 e. The number of likely N-dealkylation sites (tertiary alicyclic amines) is 2. The Kier molecular flexibility index (Phi) is 31.3. The molecule has 0 bridgehead atoms. The number of anilines is 1. The number of benzene rings is 1. The smallest absolute Gasteiger partial charge is 0.410 e. The van der Waals surface area contributed by atoms with Crippen molar-refractivity contribution in [1.29, 1.82) is 0 Å². The second-order valence-corrected chi connectivity index (χ2v) is 32.3. The van der Waals surface area contributed by atoms with Crippen LogP contribution < -0.4 is 46.7 Å². The fraction of sp³-hybridized carbons (Fsp3) is 0.500. The van der Waals surface area contributed by atoms with Gasteiger partial charge in [-0.2, -0.15) is 15.0 Å². The minimum atomic E-state index is -0.520. The largest absolute Gasteiger partial charge is 0.461 e. The number of halogens is 1. The van der Waals surface area contributed by atoms with Crippen molar-refractivity contribution in [2.45, 2.75) is 161 Å². The third kappa shape index (κ3) is 27.4. The zero-order valence-corrected chi connectivity index (χ0v) is 70.5. The predicted octanol–water partition coefficient (Wildman–Crippen LogP) is 7.99. The lowest BCUT2D eigenvalue weighted by Gasteiger charge is -2.36. The number of hydrogen-bond acceptors (Lipinski definition) is 29. The van der Waals surface area contributed by atoms with E-state index in [0.29, 0.717) is 123 Å². The van der Waals surface area contributed by atoms with Gasteiger partial charge in [-0.25, -0.2) is 59.2 Å². The Morgan fingerprint density at radius 1 is 0.412 bits per heavy atom. The van der Waals surface area contributed by atoms with Gasteiger partial charge in [0.05, 0.1) is 51.7 Å². The molecule has 9 aromatic rings. The highest BCUT2D eigenvalue weighted by Crippen LogP contribution is 2.28. The number of carbonyl (C=O) groups is 3. The van der Waals surface area contributed by atoms with E-state index in [4.69, 9.17) is 40.0 Å². The molecule has 636 valence electrons. The summed E-state index contributed by atoms with van der Waals surface area (Å²) in [6.45, 7) is 26.4. The maximum Gasteiger partial charge on any atom is 0.410 e. The van der Waals surface area contributed by atoms with Crippen molar-refractivity contribution in [3.05, 3.63) is 175 Å². The number of aliphatic hydroxyl groups excluding tert-OH is 1. The highest BCUT2D eigenvalue weighted by atomic mass is 35.5. The van der Waals surface area contributed by atoms with Gasteiger partial charge in [-0.1, -0.05) is 12.1 Å². The highest BCUT2D eigenvalue weighted by Gasteiger charge is 2.32. The molecule has 5 saturated heterocycles. The fourth-order valence-electron chi connectivity index (χ4n) is 12.6. The average molecular weight is 1660 g/mol. The van der Waals surface area contributed by atoms with E-state index in [1.807, 2.05) is 62.3 Å². The van der Waals surface area contributed by atoms with Crippen molar-refractivity contribution in [2.24, 2.45) is 28.2 Å². The molecule has 119 heavy (non-hydrogen) atoms. The maximum absolute atomic E-state index is 12.5. The number of amides is 3. The van der Waals surface area contributed by atoms with Gasteiger partial charge in [0.15, 0.2) is 0 Å². The average Bonchev–Trinajstić information content (AvgIpc) is 0.832. The van der Waals surface area contributed by atoms with Crippen molar-refractivity contribution >= 4 is 35.6 Å². The lowest BCUT2D eigenvalue weighted by molar-refractivity contribution is 0.00932. The molecule has 5 aliphatic heterocycles. The normalized spacial score (nSPS) is 15.9.